The van der Waals surface area contributed by atoms with Gasteiger partial charge in [0.25, 0.3) is 0 Å². The van der Waals surface area contributed by atoms with Gasteiger partial charge in [0.1, 0.15) is 24.5 Å². The fourth-order valence-corrected chi connectivity index (χ4v) is 1.68. The highest BCUT2D eigenvalue weighted by Crippen LogP contribution is 2.30. The zero-order chi connectivity index (χ0) is 17.3. The summed E-state index contributed by atoms with van der Waals surface area (Å²) in [5, 5.41) is 0. The van der Waals surface area contributed by atoms with Gasteiger partial charge in [0, 0.05) is 5.56 Å². The Morgan fingerprint density at radius 1 is 0.783 bits per heavy atom. The Hall–Kier alpha value is -2.58. The smallest absolute Gasteiger partial charge is 0.207 e. The lowest BCUT2D eigenvalue weighted by Crippen LogP contribution is -2.09. The molecule has 122 valence electrons. The summed E-state index contributed by atoms with van der Waals surface area (Å²) >= 11 is 0. The number of ether oxygens (including phenoxy) is 1. The Kier molecular flexibility index (Phi) is 4.57. The summed E-state index contributed by atoms with van der Waals surface area (Å²) in [6, 6.07) is 1.24. The molecule has 2 nitrogen and oxygen atoms in total. The maximum atomic E-state index is 13.5. The summed E-state index contributed by atoms with van der Waals surface area (Å²) in [6.07, 6.45) is 0.154. The number of hydrogen-bond acceptors (Lipinski definition) is 2. The van der Waals surface area contributed by atoms with Crippen molar-refractivity contribution in [2.24, 2.45) is 0 Å². The van der Waals surface area contributed by atoms with Crippen molar-refractivity contribution in [3.8, 4) is 5.75 Å². The number of carbonyl (C=O) groups is 1. The van der Waals surface area contributed by atoms with E-state index in [1.807, 2.05) is 0 Å². The molecule has 0 fully saturated rings. The number of hydrogen-bond donors (Lipinski definition) is 0. The Labute approximate surface area is 124 Å². The minimum atomic E-state index is -2.39. The molecule has 0 saturated carbocycles. The molecule has 0 aromatic heterocycles. The van der Waals surface area contributed by atoms with E-state index >= 15 is 0 Å². The number of benzene rings is 2. The second-order valence-corrected chi connectivity index (χ2v) is 4.27. The Balaban J connectivity index is 2.38. The zero-order valence-corrected chi connectivity index (χ0v) is 10.9. The Bertz CT molecular complexity index is 737. The first-order valence-electron chi connectivity index (χ1n) is 5.85. The first-order valence-corrected chi connectivity index (χ1v) is 5.85. The van der Waals surface area contributed by atoms with Gasteiger partial charge in [-0.15, -0.1) is 0 Å². The highest BCUT2D eigenvalue weighted by Gasteiger charge is 2.27. The monoisotopic (exact) mass is 338 g/mol. The normalized spacial score (nSPS) is 10.7. The van der Waals surface area contributed by atoms with Crippen LogP contribution in [0.5, 0.6) is 5.75 Å². The molecule has 0 atom stereocenters. The lowest BCUT2D eigenvalue weighted by Gasteiger charge is -2.11. The SMILES string of the molecule is O=Cc1cc(F)c(COc2c(F)c(F)c(F)c(F)c2F)c(F)c1. The van der Waals surface area contributed by atoms with Crippen LogP contribution >= 0.6 is 0 Å². The van der Waals surface area contributed by atoms with Crippen LogP contribution in [0.1, 0.15) is 15.9 Å². The van der Waals surface area contributed by atoms with Gasteiger partial charge < -0.3 is 4.74 Å². The molecular weight excluding hydrogens is 333 g/mol. The first-order chi connectivity index (χ1) is 10.8. The van der Waals surface area contributed by atoms with E-state index in [0.717, 1.165) is 0 Å². The summed E-state index contributed by atoms with van der Waals surface area (Å²) in [5.74, 6) is -15.7. The van der Waals surface area contributed by atoms with E-state index in [4.69, 9.17) is 0 Å². The van der Waals surface area contributed by atoms with Gasteiger partial charge in [-0.1, -0.05) is 0 Å². The zero-order valence-electron chi connectivity index (χ0n) is 10.9. The van der Waals surface area contributed by atoms with E-state index < -0.39 is 58.6 Å². The first kappa shape index (κ1) is 16.8. The Morgan fingerprint density at radius 2 is 1.22 bits per heavy atom. The van der Waals surface area contributed by atoms with Crippen LogP contribution < -0.4 is 4.74 Å². The van der Waals surface area contributed by atoms with Gasteiger partial charge in [0.15, 0.2) is 5.75 Å². The predicted molar refractivity (Wildman–Crippen MR) is 62.3 cm³/mol. The van der Waals surface area contributed by atoms with E-state index in [0.29, 0.717) is 12.1 Å². The number of halogens is 7. The standard InChI is InChI=1S/C14H5F7O2/c15-7-1-5(3-22)2-8(16)6(7)4-23-14-12(20)10(18)9(17)11(19)13(14)21/h1-3H,4H2. The summed E-state index contributed by atoms with van der Waals surface area (Å²) in [5.41, 5.74) is -1.19. The van der Waals surface area contributed by atoms with Crippen LogP contribution in [-0.2, 0) is 6.61 Å². The van der Waals surface area contributed by atoms with Gasteiger partial charge in [-0.3, -0.25) is 4.79 Å². The molecule has 2 rings (SSSR count). The van der Waals surface area contributed by atoms with Gasteiger partial charge in [0.05, 0.1) is 5.56 Å². The topological polar surface area (TPSA) is 26.3 Å². The van der Waals surface area contributed by atoms with Crippen LogP contribution in [0, 0.1) is 40.7 Å². The highest BCUT2D eigenvalue weighted by molar-refractivity contribution is 5.74. The van der Waals surface area contributed by atoms with Crippen LogP contribution in [0.15, 0.2) is 12.1 Å². The van der Waals surface area contributed by atoms with Gasteiger partial charge in [-0.05, 0) is 12.1 Å². The van der Waals surface area contributed by atoms with Crippen LogP contribution in [0.4, 0.5) is 30.7 Å². The maximum absolute atomic E-state index is 13.5. The molecule has 0 N–H and O–H groups in total. The van der Waals surface area contributed by atoms with Crippen LogP contribution in [0.25, 0.3) is 0 Å². The molecule has 23 heavy (non-hydrogen) atoms. The quantitative estimate of drug-likeness (QED) is 0.364. The molecule has 9 heteroatoms. The van der Waals surface area contributed by atoms with Crippen molar-refractivity contribution in [1.29, 1.82) is 0 Å². The largest absolute Gasteiger partial charge is 0.482 e. The average Bonchev–Trinajstić information content (AvgIpc) is 2.52. The van der Waals surface area contributed by atoms with Crippen molar-refractivity contribution in [1.82, 2.24) is 0 Å². The summed E-state index contributed by atoms with van der Waals surface area (Å²) in [4.78, 5) is 10.4. The molecule has 0 aliphatic heterocycles. The van der Waals surface area contributed by atoms with Gasteiger partial charge in [0.2, 0.25) is 29.1 Å². The molecule has 2 aromatic carbocycles. The fourth-order valence-electron chi connectivity index (χ4n) is 1.68. The second-order valence-electron chi connectivity index (χ2n) is 4.27. The van der Waals surface area contributed by atoms with E-state index in [1.165, 1.54) is 0 Å². The van der Waals surface area contributed by atoms with Crippen molar-refractivity contribution in [3.05, 3.63) is 64.0 Å². The maximum Gasteiger partial charge on any atom is 0.207 e. The van der Waals surface area contributed by atoms with Gasteiger partial charge in [-0.25, -0.2) is 22.0 Å². The number of aldehydes is 1. The molecule has 0 aliphatic carbocycles. The molecule has 0 amide bonds. The Morgan fingerprint density at radius 3 is 1.65 bits per heavy atom. The fraction of sp³-hybridized carbons (Fsp3) is 0.0714. The van der Waals surface area contributed by atoms with Crippen LogP contribution in [0.2, 0.25) is 0 Å². The summed E-state index contributed by atoms with van der Waals surface area (Å²) in [6.45, 7) is -1.16. The lowest BCUT2D eigenvalue weighted by molar-refractivity contribution is 0.112. The van der Waals surface area contributed by atoms with E-state index in [1.54, 1.807) is 0 Å². The molecule has 0 radical (unpaired) electrons. The average molecular weight is 338 g/mol. The van der Waals surface area contributed by atoms with Crippen molar-refractivity contribution in [2.45, 2.75) is 6.61 Å². The minimum absolute atomic E-state index is 0.154. The third-order valence-electron chi connectivity index (χ3n) is 2.83. The molecular formula is C14H5F7O2. The van der Waals surface area contributed by atoms with Crippen molar-refractivity contribution >= 4 is 6.29 Å². The molecule has 0 aliphatic rings. The number of rotatable bonds is 4. The highest BCUT2D eigenvalue weighted by atomic mass is 19.2. The van der Waals surface area contributed by atoms with Crippen molar-refractivity contribution in [3.63, 3.8) is 0 Å². The van der Waals surface area contributed by atoms with Crippen molar-refractivity contribution in [2.75, 3.05) is 0 Å². The lowest BCUT2D eigenvalue weighted by atomic mass is 10.1. The molecule has 0 saturated heterocycles. The molecule has 0 spiro atoms. The third kappa shape index (κ3) is 2.99. The van der Waals surface area contributed by atoms with E-state index in [2.05, 4.69) is 4.74 Å². The van der Waals surface area contributed by atoms with Crippen LogP contribution in [0.3, 0.4) is 0 Å². The van der Waals surface area contributed by atoms with E-state index in [-0.39, 0.29) is 11.8 Å². The van der Waals surface area contributed by atoms with Gasteiger partial charge in [-0.2, -0.15) is 8.78 Å². The molecule has 2 aromatic rings. The van der Waals surface area contributed by atoms with E-state index in [9.17, 15) is 35.5 Å². The molecule has 0 bridgehead atoms. The third-order valence-corrected chi connectivity index (χ3v) is 2.83. The minimum Gasteiger partial charge on any atom is -0.482 e. The molecule has 0 unspecified atom stereocenters. The predicted octanol–water partition coefficient (Wildman–Crippen LogP) is 4.05. The summed E-state index contributed by atoms with van der Waals surface area (Å²) in [7, 11) is 0. The van der Waals surface area contributed by atoms with Crippen LogP contribution in [-0.4, -0.2) is 6.29 Å². The number of carbonyl (C=O) groups excluding carboxylic acids is 1. The van der Waals surface area contributed by atoms with Crippen molar-refractivity contribution < 1.29 is 40.3 Å². The molecule has 0 heterocycles. The second kappa shape index (κ2) is 6.27. The van der Waals surface area contributed by atoms with Gasteiger partial charge >= 0.3 is 0 Å². The summed E-state index contributed by atoms with van der Waals surface area (Å²) < 4.78 is 96.9.